The van der Waals surface area contributed by atoms with E-state index < -0.39 is 0 Å². The molecule has 3 unspecified atom stereocenters. The molecule has 1 aliphatic heterocycles. The van der Waals surface area contributed by atoms with Crippen molar-refractivity contribution < 1.29 is 14.3 Å². The van der Waals surface area contributed by atoms with E-state index >= 15 is 0 Å². The maximum atomic E-state index is 12.3. The zero-order valence-corrected chi connectivity index (χ0v) is 10.2. The highest BCUT2D eigenvalue weighted by atomic mass is 16.5. The summed E-state index contributed by atoms with van der Waals surface area (Å²) in [7, 11) is 1.41. The molecule has 2 saturated carbocycles. The van der Waals surface area contributed by atoms with Gasteiger partial charge in [-0.1, -0.05) is 6.42 Å². The fourth-order valence-corrected chi connectivity index (χ4v) is 3.72. The van der Waals surface area contributed by atoms with E-state index in [0.717, 1.165) is 13.0 Å². The predicted molar refractivity (Wildman–Crippen MR) is 61.0 cm³/mol. The van der Waals surface area contributed by atoms with Crippen LogP contribution in [0.1, 0.15) is 25.7 Å². The van der Waals surface area contributed by atoms with Crippen molar-refractivity contribution >= 4 is 11.9 Å². The van der Waals surface area contributed by atoms with Crippen LogP contribution in [-0.4, -0.2) is 37.0 Å². The van der Waals surface area contributed by atoms with Crippen molar-refractivity contribution in [3.63, 3.8) is 0 Å². The van der Waals surface area contributed by atoms with E-state index in [9.17, 15) is 9.59 Å². The number of hydrogen-bond acceptors (Lipinski definition) is 3. The van der Waals surface area contributed by atoms with Crippen molar-refractivity contribution in [3.05, 3.63) is 0 Å². The quantitative estimate of drug-likeness (QED) is 0.674. The number of ether oxygens (including phenoxy) is 1. The monoisotopic (exact) mass is 237 g/mol. The van der Waals surface area contributed by atoms with E-state index in [2.05, 4.69) is 0 Å². The normalized spacial score (nSPS) is 39.0. The highest BCUT2D eigenvalue weighted by molar-refractivity contribution is 5.84. The van der Waals surface area contributed by atoms with Gasteiger partial charge in [-0.15, -0.1) is 0 Å². The molecule has 1 amide bonds. The molecule has 1 heterocycles. The third-order valence-electron chi connectivity index (χ3n) is 4.73. The Hall–Kier alpha value is -1.06. The van der Waals surface area contributed by atoms with Crippen molar-refractivity contribution in [3.8, 4) is 0 Å². The second kappa shape index (κ2) is 4.00. The number of nitrogens with zero attached hydrogens (tertiary/aromatic N) is 1. The summed E-state index contributed by atoms with van der Waals surface area (Å²) in [5.74, 6) is 1.66. The van der Waals surface area contributed by atoms with Crippen molar-refractivity contribution in [2.24, 2.45) is 23.7 Å². The van der Waals surface area contributed by atoms with Crippen LogP contribution >= 0.6 is 0 Å². The molecule has 3 rings (SSSR count). The summed E-state index contributed by atoms with van der Waals surface area (Å²) in [4.78, 5) is 25.5. The average Bonchev–Trinajstić information content (AvgIpc) is 2.81. The number of carbonyl (C=O) groups is 2. The van der Waals surface area contributed by atoms with Crippen LogP contribution in [-0.2, 0) is 14.3 Å². The summed E-state index contributed by atoms with van der Waals surface area (Å²) >= 11 is 0. The van der Waals surface area contributed by atoms with Gasteiger partial charge in [-0.2, -0.15) is 0 Å². The van der Waals surface area contributed by atoms with Gasteiger partial charge in [0.1, 0.15) is 0 Å². The summed E-state index contributed by atoms with van der Waals surface area (Å²) in [6.07, 6.45) is 4.52. The van der Waals surface area contributed by atoms with Gasteiger partial charge in [0.2, 0.25) is 5.91 Å². The van der Waals surface area contributed by atoms with Gasteiger partial charge in [0.05, 0.1) is 13.0 Å². The van der Waals surface area contributed by atoms with Crippen molar-refractivity contribution in [1.29, 1.82) is 0 Å². The number of methoxy groups -OCH3 is 1. The maximum absolute atomic E-state index is 12.3. The van der Waals surface area contributed by atoms with Crippen LogP contribution in [0.5, 0.6) is 0 Å². The molecule has 4 heteroatoms. The molecule has 3 aliphatic rings. The molecular formula is C13H19NO3. The first-order valence-corrected chi connectivity index (χ1v) is 6.59. The molecule has 0 N–H and O–H groups in total. The Balaban J connectivity index is 1.56. The van der Waals surface area contributed by atoms with Gasteiger partial charge >= 0.3 is 5.97 Å². The molecule has 3 fully saturated rings. The molecule has 0 aromatic heterocycles. The molecule has 0 aromatic rings. The topological polar surface area (TPSA) is 46.6 Å². The van der Waals surface area contributed by atoms with Crippen LogP contribution in [0.3, 0.4) is 0 Å². The highest BCUT2D eigenvalue weighted by Crippen LogP contribution is 2.58. The zero-order chi connectivity index (χ0) is 12.0. The lowest BCUT2D eigenvalue weighted by atomic mass is 10.1. The summed E-state index contributed by atoms with van der Waals surface area (Å²) in [5.41, 5.74) is 0. The van der Waals surface area contributed by atoms with E-state index in [0.29, 0.717) is 30.2 Å². The fourth-order valence-electron chi connectivity index (χ4n) is 3.72. The summed E-state index contributed by atoms with van der Waals surface area (Å²) in [6.45, 7) is 1.30. The molecule has 94 valence electrons. The molecule has 0 aromatic carbocycles. The van der Waals surface area contributed by atoms with Gasteiger partial charge in [0.25, 0.3) is 0 Å². The zero-order valence-electron chi connectivity index (χ0n) is 10.2. The predicted octanol–water partition coefficient (Wildman–Crippen LogP) is 1.05. The maximum Gasteiger partial charge on any atom is 0.310 e. The molecule has 0 radical (unpaired) electrons. The van der Waals surface area contributed by atoms with Gasteiger partial charge in [-0.3, -0.25) is 9.59 Å². The van der Waals surface area contributed by atoms with Crippen LogP contribution < -0.4 is 0 Å². The first-order valence-electron chi connectivity index (χ1n) is 6.59. The third kappa shape index (κ3) is 1.74. The molecule has 2 aliphatic carbocycles. The van der Waals surface area contributed by atoms with Crippen LogP contribution in [0, 0.1) is 23.7 Å². The van der Waals surface area contributed by atoms with Gasteiger partial charge < -0.3 is 9.64 Å². The first kappa shape index (κ1) is 11.1. The van der Waals surface area contributed by atoms with Crippen LogP contribution in [0.25, 0.3) is 0 Å². The molecule has 1 saturated heterocycles. The Morgan fingerprint density at radius 2 is 1.88 bits per heavy atom. The third-order valence-corrected chi connectivity index (χ3v) is 4.73. The van der Waals surface area contributed by atoms with Crippen LogP contribution in [0.4, 0.5) is 0 Å². The molecule has 17 heavy (non-hydrogen) atoms. The minimum atomic E-state index is -0.170. The van der Waals surface area contributed by atoms with E-state index in [1.807, 2.05) is 4.90 Å². The van der Waals surface area contributed by atoms with E-state index in [-0.39, 0.29) is 11.9 Å². The number of likely N-dealkylation sites (tertiary alicyclic amines) is 1. The average molecular weight is 237 g/mol. The standard InChI is InChI=1S/C13H19NO3/c1-17-13(16)8-5-6-14(7-8)12(15)11-9-3-2-4-10(9)11/h8-11H,2-7H2,1H3. The Morgan fingerprint density at radius 1 is 1.18 bits per heavy atom. The Kier molecular flexibility index (Phi) is 2.60. The molecule has 4 nitrogen and oxygen atoms in total. The van der Waals surface area contributed by atoms with E-state index in [1.54, 1.807) is 0 Å². The lowest BCUT2D eigenvalue weighted by Gasteiger charge is -2.17. The largest absolute Gasteiger partial charge is 0.469 e. The number of fused-ring (bicyclic) bond motifs is 1. The Bertz CT molecular complexity index is 345. The minimum absolute atomic E-state index is 0.0949. The minimum Gasteiger partial charge on any atom is -0.469 e. The highest BCUT2D eigenvalue weighted by Gasteiger charge is 2.57. The van der Waals surface area contributed by atoms with E-state index in [4.69, 9.17) is 4.74 Å². The smallest absolute Gasteiger partial charge is 0.310 e. The van der Waals surface area contributed by atoms with Gasteiger partial charge in [0.15, 0.2) is 0 Å². The van der Waals surface area contributed by atoms with Crippen molar-refractivity contribution in [2.75, 3.05) is 20.2 Å². The number of rotatable bonds is 2. The lowest BCUT2D eigenvalue weighted by molar-refractivity contribution is -0.145. The number of amides is 1. The molecule has 3 atom stereocenters. The van der Waals surface area contributed by atoms with Crippen LogP contribution in [0.2, 0.25) is 0 Å². The number of hydrogen-bond donors (Lipinski definition) is 0. The summed E-state index contributed by atoms with van der Waals surface area (Å²) in [5, 5.41) is 0. The summed E-state index contributed by atoms with van der Waals surface area (Å²) < 4.78 is 4.74. The second-order valence-electron chi connectivity index (χ2n) is 5.58. The number of carbonyl (C=O) groups excluding carboxylic acids is 2. The number of esters is 1. The van der Waals surface area contributed by atoms with Gasteiger partial charge in [-0.25, -0.2) is 0 Å². The Labute approximate surface area is 101 Å². The lowest BCUT2D eigenvalue weighted by Crippen LogP contribution is -2.32. The molecule has 0 spiro atoms. The molecule has 0 bridgehead atoms. The second-order valence-corrected chi connectivity index (χ2v) is 5.58. The fraction of sp³-hybridized carbons (Fsp3) is 0.846. The van der Waals surface area contributed by atoms with Crippen LogP contribution in [0.15, 0.2) is 0 Å². The van der Waals surface area contributed by atoms with Gasteiger partial charge in [0, 0.05) is 19.0 Å². The first-order chi connectivity index (χ1) is 8.22. The van der Waals surface area contributed by atoms with Gasteiger partial charge in [-0.05, 0) is 31.1 Å². The Morgan fingerprint density at radius 3 is 2.53 bits per heavy atom. The van der Waals surface area contributed by atoms with Crippen molar-refractivity contribution in [1.82, 2.24) is 4.90 Å². The van der Waals surface area contributed by atoms with Crippen molar-refractivity contribution in [2.45, 2.75) is 25.7 Å². The molecular weight excluding hydrogens is 218 g/mol. The summed E-state index contributed by atoms with van der Waals surface area (Å²) in [6, 6.07) is 0. The van der Waals surface area contributed by atoms with E-state index in [1.165, 1.54) is 26.4 Å². The SMILES string of the molecule is COC(=O)C1CCN(C(=O)C2C3CCCC32)C1.